The van der Waals surface area contributed by atoms with E-state index < -0.39 is 0 Å². The summed E-state index contributed by atoms with van der Waals surface area (Å²) in [7, 11) is 2.20. The molecular formula is C33H46N8O2. The fourth-order valence-corrected chi connectivity index (χ4v) is 8.02. The molecule has 5 aliphatic rings. The van der Waals surface area contributed by atoms with Crippen molar-refractivity contribution < 1.29 is 9.59 Å². The van der Waals surface area contributed by atoms with E-state index in [0.29, 0.717) is 17.6 Å². The SMILES string of the molecule is CN1CC(N2CCC(C)(c3ccc(Nc4nc(N5CCCC(N6CC7CCCCN7C6=O)C5)cnc4C=O)cc3)CC2)C1. The lowest BCUT2D eigenvalue weighted by Gasteiger charge is -2.48. The number of aromatic nitrogens is 2. The summed E-state index contributed by atoms with van der Waals surface area (Å²) in [6, 6.07) is 10.1. The molecule has 0 bridgehead atoms. The Hall–Kier alpha value is -3.24. The van der Waals surface area contributed by atoms with E-state index in [-0.39, 0.29) is 17.5 Å². The second-order valence-corrected chi connectivity index (χ2v) is 13.8. The predicted octanol–water partition coefficient (Wildman–Crippen LogP) is 3.96. The molecule has 5 fully saturated rings. The molecule has 2 amide bonds. The van der Waals surface area contributed by atoms with E-state index in [1.165, 1.54) is 37.9 Å². The number of nitrogens with one attached hydrogen (secondary N) is 1. The molecule has 5 aliphatic heterocycles. The van der Waals surface area contributed by atoms with E-state index in [1.807, 2.05) is 0 Å². The first-order chi connectivity index (χ1) is 20.9. The minimum atomic E-state index is 0.173. The first-order valence-corrected chi connectivity index (χ1v) is 16.3. The highest BCUT2D eigenvalue weighted by Gasteiger charge is 2.42. The van der Waals surface area contributed by atoms with Crippen LogP contribution in [0.15, 0.2) is 30.5 Å². The normalized spacial score (nSPS) is 26.7. The second kappa shape index (κ2) is 11.7. The number of carbonyl (C=O) groups excluding carboxylic acids is 2. The Morgan fingerprint density at radius 2 is 1.63 bits per heavy atom. The minimum absolute atomic E-state index is 0.173. The van der Waals surface area contributed by atoms with Gasteiger partial charge in [-0.1, -0.05) is 19.1 Å². The van der Waals surface area contributed by atoms with Crippen LogP contribution < -0.4 is 10.2 Å². The molecule has 5 saturated heterocycles. The summed E-state index contributed by atoms with van der Waals surface area (Å²) in [6.45, 7) is 10.4. The van der Waals surface area contributed by atoms with Crippen molar-refractivity contribution in [3.8, 4) is 0 Å². The van der Waals surface area contributed by atoms with Crippen LogP contribution in [0.5, 0.6) is 0 Å². The van der Waals surface area contributed by atoms with Crippen molar-refractivity contribution >= 4 is 29.6 Å². The largest absolute Gasteiger partial charge is 0.353 e. The van der Waals surface area contributed by atoms with Crippen LogP contribution in [-0.4, -0.2) is 119 Å². The molecule has 0 radical (unpaired) electrons. The molecule has 0 aliphatic carbocycles. The third kappa shape index (κ3) is 5.59. The molecule has 0 saturated carbocycles. The fraction of sp³-hybridized carbons (Fsp3) is 0.636. The summed E-state index contributed by atoms with van der Waals surface area (Å²) >= 11 is 0. The van der Waals surface area contributed by atoms with Crippen LogP contribution in [0.4, 0.5) is 22.1 Å². The lowest BCUT2D eigenvalue weighted by molar-refractivity contribution is 0.0254. The van der Waals surface area contributed by atoms with Crippen molar-refractivity contribution in [1.29, 1.82) is 0 Å². The number of nitrogens with zero attached hydrogens (tertiary/aromatic N) is 7. The Morgan fingerprint density at radius 3 is 2.35 bits per heavy atom. The molecule has 6 heterocycles. The summed E-state index contributed by atoms with van der Waals surface area (Å²) in [5.41, 5.74) is 2.74. The van der Waals surface area contributed by atoms with Gasteiger partial charge in [0.25, 0.3) is 0 Å². The third-order valence-electron chi connectivity index (χ3n) is 10.9. The molecule has 2 atom stereocenters. The third-order valence-corrected chi connectivity index (χ3v) is 10.9. The van der Waals surface area contributed by atoms with Gasteiger partial charge in [0.2, 0.25) is 0 Å². The molecule has 1 N–H and O–H groups in total. The molecule has 230 valence electrons. The van der Waals surface area contributed by atoms with Crippen LogP contribution >= 0.6 is 0 Å². The lowest BCUT2D eigenvalue weighted by Crippen LogP contribution is -2.60. The van der Waals surface area contributed by atoms with Crippen LogP contribution in [0.2, 0.25) is 0 Å². The van der Waals surface area contributed by atoms with Gasteiger partial charge in [0.05, 0.1) is 18.3 Å². The highest BCUT2D eigenvalue weighted by atomic mass is 16.2. The molecule has 10 heteroatoms. The number of benzene rings is 1. The molecular weight excluding hydrogens is 540 g/mol. The molecule has 0 spiro atoms. The van der Waals surface area contributed by atoms with Crippen LogP contribution in [0.3, 0.4) is 0 Å². The maximum absolute atomic E-state index is 13.2. The monoisotopic (exact) mass is 586 g/mol. The van der Waals surface area contributed by atoms with Gasteiger partial charge in [-0.15, -0.1) is 0 Å². The molecule has 7 rings (SSSR count). The smallest absolute Gasteiger partial charge is 0.320 e. The zero-order chi connectivity index (χ0) is 29.6. The molecule has 1 aromatic heterocycles. The number of hydrogen-bond acceptors (Lipinski definition) is 8. The number of anilines is 3. The average molecular weight is 587 g/mol. The summed E-state index contributed by atoms with van der Waals surface area (Å²) < 4.78 is 0. The Balaban J connectivity index is 1.01. The van der Waals surface area contributed by atoms with E-state index in [1.54, 1.807) is 6.20 Å². The van der Waals surface area contributed by atoms with Gasteiger partial charge in [0, 0.05) is 51.0 Å². The zero-order valence-electron chi connectivity index (χ0n) is 25.7. The van der Waals surface area contributed by atoms with Crippen molar-refractivity contribution in [3.05, 3.63) is 41.7 Å². The Kier molecular flexibility index (Phi) is 7.75. The lowest BCUT2D eigenvalue weighted by atomic mass is 9.74. The first-order valence-electron chi connectivity index (χ1n) is 16.3. The van der Waals surface area contributed by atoms with Gasteiger partial charge in [-0.3, -0.25) is 9.69 Å². The standard InChI is InChI=1S/C33H46N8O2/c1-33(12-16-38(17-13-33)28-19-37(2)20-28)24-8-10-25(11-9-24)35-31-29(23-42)34-18-30(36-31)39-14-5-7-26(21-39)41-22-27-6-3-4-15-40(27)32(41)43/h8-11,18,23,26-28H,3-7,12-17,19-22H2,1-2H3,(H,35,36). The minimum Gasteiger partial charge on any atom is -0.353 e. The Bertz CT molecular complexity index is 1320. The van der Waals surface area contributed by atoms with Gasteiger partial charge in [0.15, 0.2) is 12.1 Å². The van der Waals surface area contributed by atoms with Crippen LogP contribution in [0.1, 0.15) is 67.9 Å². The Labute approximate surface area is 255 Å². The van der Waals surface area contributed by atoms with E-state index in [9.17, 15) is 9.59 Å². The number of urea groups is 1. The summed E-state index contributed by atoms with van der Waals surface area (Å²) in [5, 5.41) is 3.38. The van der Waals surface area contributed by atoms with Gasteiger partial charge in [-0.25, -0.2) is 14.8 Å². The quantitative estimate of drug-likeness (QED) is 0.488. The zero-order valence-corrected chi connectivity index (χ0v) is 25.7. The summed E-state index contributed by atoms with van der Waals surface area (Å²) in [6.07, 6.45) is 10.2. The van der Waals surface area contributed by atoms with Gasteiger partial charge < -0.3 is 24.9 Å². The molecule has 2 aromatic rings. The van der Waals surface area contributed by atoms with Gasteiger partial charge in [-0.05, 0) is 88.2 Å². The maximum atomic E-state index is 13.2. The highest BCUT2D eigenvalue weighted by Crippen LogP contribution is 2.37. The number of likely N-dealkylation sites (N-methyl/N-ethyl adjacent to an activating group) is 1. The number of aldehydes is 1. The van der Waals surface area contributed by atoms with Crippen molar-refractivity contribution in [3.63, 3.8) is 0 Å². The first kappa shape index (κ1) is 28.5. The van der Waals surface area contributed by atoms with Gasteiger partial charge in [-0.2, -0.15) is 0 Å². The molecule has 2 unspecified atom stereocenters. The Morgan fingerprint density at radius 1 is 0.884 bits per heavy atom. The van der Waals surface area contributed by atoms with Crippen LogP contribution in [0.25, 0.3) is 0 Å². The number of carbonyl (C=O) groups is 2. The number of rotatable bonds is 7. The van der Waals surface area contributed by atoms with Crippen molar-refractivity contribution in [2.75, 3.05) is 69.6 Å². The molecule has 43 heavy (non-hydrogen) atoms. The van der Waals surface area contributed by atoms with Crippen LogP contribution in [-0.2, 0) is 5.41 Å². The maximum Gasteiger partial charge on any atom is 0.320 e. The molecule has 1 aromatic carbocycles. The topological polar surface area (TPSA) is 88.2 Å². The van der Waals surface area contributed by atoms with Gasteiger partial charge in [0.1, 0.15) is 11.5 Å². The van der Waals surface area contributed by atoms with Crippen molar-refractivity contribution in [1.82, 2.24) is 29.6 Å². The van der Waals surface area contributed by atoms with Crippen molar-refractivity contribution in [2.24, 2.45) is 0 Å². The second-order valence-electron chi connectivity index (χ2n) is 13.8. The summed E-state index contributed by atoms with van der Waals surface area (Å²) in [5.74, 6) is 1.22. The van der Waals surface area contributed by atoms with Gasteiger partial charge >= 0.3 is 6.03 Å². The number of amides is 2. The number of likely N-dealkylation sites (tertiary alicyclic amines) is 2. The number of piperidine rings is 3. The number of hydrogen-bond donors (Lipinski definition) is 1. The van der Waals surface area contributed by atoms with Crippen molar-refractivity contribution in [2.45, 2.75) is 75.4 Å². The van der Waals surface area contributed by atoms with E-state index in [0.717, 1.165) is 88.8 Å². The fourth-order valence-electron chi connectivity index (χ4n) is 8.02. The van der Waals surface area contributed by atoms with E-state index in [2.05, 4.69) is 73.0 Å². The van der Waals surface area contributed by atoms with E-state index >= 15 is 0 Å². The highest BCUT2D eigenvalue weighted by molar-refractivity contribution is 5.82. The average Bonchev–Trinajstić information content (AvgIpc) is 3.37. The molecule has 10 nitrogen and oxygen atoms in total. The predicted molar refractivity (Wildman–Crippen MR) is 168 cm³/mol. The van der Waals surface area contributed by atoms with E-state index in [4.69, 9.17) is 4.98 Å². The van der Waals surface area contributed by atoms with Crippen LogP contribution in [0, 0.1) is 0 Å². The number of fused-ring (bicyclic) bond motifs is 1. The summed E-state index contributed by atoms with van der Waals surface area (Å²) in [4.78, 5) is 45.9.